The molecule has 0 bridgehead atoms. The number of aromatic nitrogens is 3. The van der Waals surface area contributed by atoms with E-state index in [1.54, 1.807) is 35.9 Å². The highest BCUT2D eigenvalue weighted by atomic mass is 32.1. The molecule has 1 amide bonds. The van der Waals surface area contributed by atoms with Crippen molar-refractivity contribution in [3.8, 4) is 0 Å². The summed E-state index contributed by atoms with van der Waals surface area (Å²) >= 11 is 1.61. The number of amides is 1. The van der Waals surface area contributed by atoms with Crippen LogP contribution in [0.15, 0.2) is 24.5 Å². The molecule has 0 aromatic carbocycles. The summed E-state index contributed by atoms with van der Waals surface area (Å²) in [5.74, 6) is -4.85. The first-order valence-electron chi connectivity index (χ1n) is 10.5. The van der Waals surface area contributed by atoms with Crippen LogP contribution in [0, 0.1) is 18.8 Å². The van der Waals surface area contributed by atoms with Crippen molar-refractivity contribution < 1.29 is 55.7 Å². The van der Waals surface area contributed by atoms with Crippen LogP contribution in [0.1, 0.15) is 15.4 Å². The van der Waals surface area contributed by atoms with Gasteiger partial charge in [-0.1, -0.05) is 11.3 Å². The van der Waals surface area contributed by atoms with Gasteiger partial charge >= 0.3 is 24.3 Å². The maximum atomic E-state index is 12.2. The fourth-order valence-electron chi connectivity index (χ4n) is 3.40. The van der Waals surface area contributed by atoms with Crippen molar-refractivity contribution in [2.45, 2.75) is 25.4 Å². The Morgan fingerprint density at radius 1 is 1.11 bits per heavy atom. The van der Waals surface area contributed by atoms with Gasteiger partial charge in [-0.15, -0.1) is 10.2 Å². The van der Waals surface area contributed by atoms with Crippen molar-refractivity contribution in [1.82, 2.24) is 20.5 Å². The van der Waals surface area contributed by atoms with E-state index < -0.39 is 24.3 Å². The van der Waals surface area contributed by atoms with Gasteiger partial charge in [0.05, 0.1) is 18.3 Å². The van der Waals surface area contributed by atoms with E-state index in [9.17, 15) is 31.1 Å². The van der Waals surface area contributed by atoms with Gasteiger partial charge in [-0.2, -0.15) is 26.3 Å². The van der Waals surface area contributed by atoms with Crippen LogP contribution in [0.3, 0.4) is 0 Å². The number of carboxylic acids is 2. The number of nitrogens with zero attached hydrogens (tertiary/aromatic N) is 4. The van der Waals surface area contributed by atoms with Crippen molar-refractivity contribution in [3.63, 3.8) is 0 Å². The van der Waals surface area contributed by atoms with E-state index in [1.807, 2.05) is 6.92 Å². The summed E-state index contributed by atoms with van der Waals surface area (Å²) in [5, 5.41) is 27.5. The predicted octanol–water partition coefficient (Wildman–Crippen LogP) is 2.39. The second kappa shape index (κ2) is 12.8. The third kappa shape index (κ3) is 9.09. The number of hydrogen-bond donors (Lipinski definition) is 3. The Hall–Kier alpha value is -3.54. The largest absolute Gasteiger partial charge is 0.490 e. The standard InChI is InChI=1S/C16H19N5O2S.2C2HF3O2/c1-10-19-20-16(24-10)21-7-13-12(9-23-14(13)8-21)6-18-15(22)11-3-2-4-17-5-11;2*3-2(4,5)1(6)7/h2-5,12-14H,6-9H2,1H3,(H,18,22);2*(H,6,7)/t12-,13+,14+;;/m0../s1. The van der Waals surface area contributed by atoms with Crippen LogP contribution in [0.4, 0.5) is 31.5 Å². The second-order valence-electron chi connectivity index (χ2n) is 7.86. The number of fused-ring (bicyclic) bond motifs is 1. The van der Waals surface area contributed by atoms with Crippen LogP contribution in [0.5, 0.6) is 0 Å². The molecule has 0 spiro atoms. The van der Waals surface area contributed by atoms with E-state index in [-0.39, 0.29) is 12.0 Å². The summed E-state index contributed by atoms with van der Waals surface area (Å²) < 4.78 is 69.4. The van der Waals surface area contributed by atoms with E-state index in [4.69, 9.17) is 24.5 Å². The lowest BCUT2D eigenvalue weighted by Gasteiger charge is -2.19. The molecular weight excluding hydrogens is 552 g/mol. The van der Waals surface area contributed by atoms with Crippen LogP contribution >= 0.6 is 11.3 Å². The van der Waals surface area contributed by atoms with Gasteiger partial charge in [0, 0.05) is 43.9 Å². The molecule has 2 aromatic rings. The lowest BCUT2D eigenvalue weighted by molar-refractivity contribution is -0.193. The number of rotatable bonds is 4. The van der Waals surface area contributed by atoms with Gasteiger partial charge in [0.2, 0.25) is 5.13 Å². The number of anilines is 1. The number of alkyl halides is 6. The molecule has 0 radical (unpaired) electrons. The molecule has 2 aromatic heterocycles. The molecule has 3 atom stereocenters. The van der Waals surface area contributed by atoms with Crippen molar-refractivity contribution in [3.05, 3.63) is 35.1 Å². The number of ether oxygens (including phenoxy) is 1. The number of carboxylic acid groups (broad SMARTS) is 2. The van der Waals surface area contributed by atoms with Crippen LogP contribution in [-0.2, 0) is 14.3 Å². The summed E-state index contributed by atoms with van der Waals surface area (Å²) in [4.78, 5) is 36.2. The molecule has 11 nitrogen and oxygen atoms in total. The van der Waals surface area contributed by atoms with Gasteiger partial charge in [0.1, 0.15) is 5.01 Å². The number of aliphatic carboxylic acids is 2. The molecule has 4 rings (SSSR count). The number of hydrogen-bond acceptors (Lipinski definition) is 9. The zero-order valence-corrected chi connectivity index (χ0v) is 20.2. The highest BCUT2D eigenvalue weighted by molar-refractivity contribution is 7.15. The summed E-state index contributed by atoms with van der Waals surface area (Å²) in [7, 11) is 0. The lowest BCUT2D eigenvalue weighted by Crippen LogP contribution is -2.34. The molecule has 0 aliphatic carbocycles. The zero-order chi connectivity index (χ0) is 28.7. The van der Waals surface area contributed by atoms with E-state index in [2.05, 4.69) is 25.4 Å². The molecular formula is C20H21F6N5O6S. The average molecular weight is 573 g/mol. The first-order valence-corrected chi connectivity index (χ1v) is 11.4. The second-order valence-corrected chi connectivity index (χ2v) is 9.02. The fraction of sp³-hybridized carbons (Fsp3) is 0.500. The number of carbonyl (C=O) groups is 3. The molecule has 38 heavy (non-hydrogen) atoms. The Kier molecular flexibility index (Phi) is 10.3. The topological polar surface area (TPSA) is 155 Å². The number of aryl methyl sites for hydroxylation is 1. The summed E-state index contributed by atoms with van der Waals surface area (Å²) in [6.45, 7) is 5.05. The normalized spacial score (nSPS) is 20.4. The van der Waals surface area contributed by atoms with E-state index in [1.165, 1.54) is 0 Å². The monoisotopic (exact) mass is 573 g/mol. The first kappa shape index (κ1) is 30.7. The van der Waals surface area contributed by atoms with E-state index >= 15 is 0 Å². The Labute approximate surface area is 214 Å². The highest BCUT2D eigenvalue weighted by Crippen LogP contribution is 2.36. The van der Waals surface area contributed by atoms with Crippen molar-refractivity contribution in [2.75, 3.05) is 31.1 Å². The van der Waals surface area contributed by atoms with Gasteiger partial charge in [-0.05, 0) is 19.1 Å². The predicted molar refractivity (Wildman–Crippen MR) is 118 cm³/mol. The third-order valence-electron chi connectivity index (χ3n) is 5.16. The van der Waals surface area contributed by atoms with Crippen molar-refractivity contribution in [1.29, 1.82) is 0 Å². The van der Waals surface area contributed by atoms with Crippen LogP contribution in [0.2, 0.25) is 0 Å². The Morgan fingerprint density at radius 3 is 2.18 bits per heavy atom. The Balaban J connectivity index is 0.000000301. The average Bonchev–Trinajstić information content (AvgIpc) is 3.53. The molecule has 2 aliphatic heterocycles. The van der Waals surface area contributed by atoms with Gasteiger partial charge < -0.3 is 25.2 Å². The van der Waals surface area contributed by atoms with Gasteiger partial charge in [-0.25, -0.2) is 9.59 Å². The molecule has 2 fully saturated rings. The number of nitrogens with one attached hydrogen (secondary N) is 1. The zero-order valence-electron chi connectivity index (χ0n) is 19.4. The molecule has 18 heteroatoms. The van der Waals surface area contributed by atoms with Crippen LogP contribution in [-0.4, -0.2) is 87.9 Å². The lowest BCUT2D eigenvalue weighted by atomic mass is 9.93. The quantitative estimate of drug-likeness (QED) is 0.465. The molecule has 0 saturated carbocycles. The van der Waals surface area contributed by atoms with E-state index in [0.717, 1.165) is 23.2 Å². The molecule has 0 unspecified atom stereocenters. The molecule has 210 valence electrons. The maximum absolute atomic E-state index is 12.2. The van der Waals surface area contributed by atoms with Gasteiger partial charge in [0.25, 0.3) is 5.91 Å². The Bertz CT molecular complexity index is 1080. The smallest absolute Gasteiger partial charge is 0.475 e. The Morgan fingerprint density at radius 2 is 1.71 bits per heavy atom. The minimum absolute atomic E-state index is 0.0823. The molecule has 4 heterocycles. The van der Waals surface area contributed by atoms with Crippen LogP contribution in [0.25, 0.3) is 0 Å². The van der Waals surface area contributed by atoms with E-state index in [0.29, 0.717) is 30.6 Å². The number of pyridine rings is 1. The summed E-state index contributed by atoms with van der Waals surface area (Å²) in [5.41, 5.74) is 0.588. The minimum atomic E-state index is -5.08. The highest BCUT2D eigenvalue weighted by Gasteiger charge is 2.44. The molecule has 2 aliphatic rings. The fourth-order valence-corrected chi connectivity index (χ4v) is 4.11. The maximum Gasteiger partial charge on any atom is 0.490 e. The SMILES string of the molecule is Cc1nnc(N2C[C@@H]3[C@@H](CNC(=O)c4cccnc4)CO[C@@H]3C2)s1.O=C(O)C(F)(F)F.O=C(O)C(F)(F)F. The van der Waals surface area contributed by atoms with Gasteiger partial charge in [-0.3, -0.25) is 9.78 Å². The molecule has 3 N–H and O–H groups in total. The van der Waals surface area contributed by atoms with Crippen LogP contribution < -0.4 is 10.2 Å². The van der Waals surface area contributed by atoms with Gasteiger partial charge in [0.15, 0.2) is 0 Å². The first-order chi connectivity index (χ1) is 17.6. The molecule has 2 saturated heterocycles. The summed E-state index contributed by atoms with van der Waals surface area (Å²) in [6, 6.07) is 3.54. The number of carbonyl (C=O) groups excluding carboxylic acids is 1. The third-order valence-corrected chi connectivity index (χ3v) is 6.06. The van der Waals surface area contributed by atoms with Crippen molar-refractivity contribution in [2.24, 2.45) is 11.8 Å². The number of halogens is 6. The van der Waals surface area contributed by atoms with Crippen molar-refractivity contribution >= 4 is 34.3 Å². The minimum Gasteiger partial charge on any atom is -0.475 e. The summed E-state index contributed by atoms with van der Waals surface area (Å²) in [6.07, 6.45) is -6.71.